The van der Waals surface area contributed by atoms with E-state index in [1.165, 1.54) is 0 Å². The molecule has 1 aromatic heterocycles. The van der Waals surface area contributed by atoms with Gasteiger partial charge in [0, 0.05) is 17.5 Å². The van der Waals surface area contributed by atoms with Crippen molar-refractivity contribution in [3.63, 3.8) is 0 Å². The number of oxazole rings is 1. The normalized spacial score (nSPS) is 10.6. The summed E-state index contributed by atoms with van der Waals surface area (Å²) >= 11 is 0. The molecule has 0 aliphatic rings. The zero-order chi connectivity index (χ0) is 19.2. The van der Waals surface area contributed by atoms with Crippen LogP contribution in [0.2, 0.25) is 0 Å². The van der Waals surface area contributed by atoms with Gasteiger partial charge in [0.1, 0.15) is 11.4 Å². The molecule has 0 aliphatic heterocycles. The summed E-state index contributed by atoms with van der Waals surface area (Å²) in [5.74, 6) is 1.45. The van der Waals surface area contributed by atoms with Crippen LogP contribution in [0.4, 0.5) is 0 Å². The van der Waals surface area contributed by atoms with Gasteiger partial charge >= 0.3 is 5.97 Å². The van der Waals surface area contributed by atoms with Crippen LogP contribution < -0.4 is 4.74 Å². The first kappa shape index (κ1) is 17.7. The number of carbonyl (C=O) groups excluding carboxylic acids is 1. The Morgan fingerprint density at radius 1 is 0.786 bits per heavy atom. The second-order valence-corrected chi connectivity index (χ2v) is 6.30. The Morgan fingerprint density at radius 3 is 2.00 bits per heavy atom. The number of rotatable bonds is 6. The fourth-order valence-electron chi connectivity index (χ4n) is 2.93. The Morgan fingerprint density at radius 2 is 1.36 bits per heavy atom. The van der Waals surface area contributed by atoms with Crippen LogP contribution in [0.1, 0.15) is 12.3 Å². The fraction of sp³-hybridized carbons (Fsp3) is 0.0833. The van der Waals surface area contributed by atoms with E-state index in [2.05, 4.69) is 4.98 Å². The number of carbonyl (C=O) groups is 1. The zero-order valence-corrected chi connectivity index (χ0v) is 15.2. The number of nitrogens with zero attached hydrogens (tertiary/aromatic N) is 1. The lowest BCUT2D eigenvalue weighted by Gasteiger charge is -2.02. The number of benzene rings is 3. The smallest absolute Gasteiger partial charge is 0.311 e. The number of hydrogen-bond acceptors (Lipinski definition) is 4. The molecule has 3 aromatic carbocycles. The monoisotopic (exact) mass is 369 g/mol. The number of aromatic nitrogens is 1. The highest BCUT2D eigenvalue weighted by Crippen LogP contribution is 2.32. The molecule has 0 saturated carbocycles. The number of esters is 1. The minimum Gasteiger partial charge on any atom is -0.440 e. The van der Waals surface area contributed by atoms with Crippen LogP contribution in [-0.2, 0) is 11.2 Å². The van der Waals surface area contributed by atoms with E-state index in [1.807, 2.05) is 78.9 Å². The lowest BCUT2D eigenvalue weighted by atomic mass is 10.1. The van der Waals surface area contributed by atoms with E-state index in [4.69, 9.17) is 9.15 Å². The molecule has 1 heterocycles. The minimum absolute atomic E-state index is 0.192. The van der Waals surface area contributed by atoms with Gasteiger partial charge in [-0.3, -0.25) is 4.79 Å². The summed E-state index contributed by atoms with van der Waals surface area (Å²) < 4.78 is 11.4. The largest absolute Gasteiger partial charge is 0.440 e. The first-order chi connectivity index (χ1) is 13.8. The van der Waals surface area contributed by atoms with Crippen molar-refractivity contribution in [2.75, 3.05) is 0 Å². The number of para-hydroxylation sites is 1. The van der Waals surface area contributed by atoms with Crippen LogP contribution in [0, 0.1) is 0 Å². The van der Waals surface area contributed by atoms with Gasteiger partial charge in [0.25, 0.3) is 0 Å². The van der Waals surface area contributed by atoms with Crippen molar-refractivity contribution >= 4 is 5.97 Å². The zero-order valence-electron chi connectivity index (χ0n) is 15.2. The van der Waals surface area contributed by atoms with E-state index in [0.29, 0.717) is 23.8 Å². The lowest BCUT2D eigenvalue weighted by Crippen LogP contribution is -2.09. The summed E-state index contributed by atoms with van der Waals surface area (Å²) in [5.41, 5.74) is 2.70. The van der Waals surface area contributed by atoms with Gasteiger partial charge < -0.3 is 9.15 Å². The van der Waals surface area contributed by atoms with Crippen molar-refractivity contribution in [2.45, 2.75) is 12.8 Å². The van der Waals surface area contributed by atoms with E-state index in [1.54, 1.807) is 12.1 Å². The molecule has 0 aliphatic carbocycles. The van der Waals surface area contributed by atoms with Gasteiger partial charge in [0.2, 0.25) is 0 Å². The van der Waals surface area contributed by atoms with Crippen LogP contribution >= 0.6 is 0 Å². The van der Waals surface area contributed by atoms with Crippen molar-refractivity contribution in [3.05, 3.63) is 96.9 Å². The van der Waals surface area contributed by atoms with Crippen LogP contribution in [0.15, 0.2) is 95.4 Å². The maximum absolute atomic E-state index is 12.1. The second-order valence-electron chi connectivity index (χ2n) is 6.30. The van der Waals surface area contributed by atoms with E-state index >= 15 is 0 Å². The van der Waals surface area contributed by atoms with Gasteiger partial charge in [-0.15, -0.1) is 0 Å². The Hall–Kier alpha value is -3.66. The molecule has 0 radical (unpaired) electrons. The van der Waals surface area contributed by atoms with E-state index in [0.717, 1.165) is 16.8 Å². The molecule has 138 valence electrons. The number of aryl methyl sites for hydroxylation is 1. The highest BCUT2D eigenvalue weighted by atomic mass is 16.5. The summed E-state index contributed by atoms with van der Waals surface area (Å²) in [4.78, 5) is 16.8. The molecule has 0 unspecified atom stereocenters. The van der Waals surface area contributed by atoms with Crippen molar-refractivity contribution in [1.82, 2.24) is 4.98 Å². The number of ether oxygens (including phenoxy) is 1. The van der Waals surface area contributed by atoms with Crippen LogP contribution in [-0.4, -0.2) is 11.0 Å². The molecule has 0 N–H and O–H groups in total. The molecule has 0 amide bonds. The van der Waals surface area contributed by atoms with Crippen molar-refractivity contribution in [1.29, 1.82) is 0 Å². The van der Waals surface area contributed by atoms with Gasteiger partial charge in [-0.1, -0.05) is 78.9 Å². The van der Waals surface area contributed by atoms with Gasteiger partial charge in [-0.05, 0) is 12.1 Å². The molecule has 0 bridgehead atoms. The molecule has 0 fully saturated rings. The summed E-state index contributed by atoms with van der Waals surface area (Å²) in [6, 6.07) is 28.8. The molecule has 0 spiro atoms. The Bertz CT molecular complexity index is 984. The van der Waals surface area contributed by atoms with Gasteiger partial charge in [0.15, 0.2) is 11.7 Å². The Kier molecular flexibility index (Phi) is 5.29. The second kappa shape index (κ2) is 8.35. The summed E-state index contributed by atoms with van der Waals surface area (Å²) in [6.07, 6.45) is 0.566. The van der Waals surface area contributed by atoms with Crippen molar-refractivity contribution in [3.8, 4) is 28.3 Å². The summed E-state index contributed by atoms with van der Waals surface area (Å²) in [7, 11) is 0. The quantitative estimate of drug-likeness (QED) is 0.330. The predicted molar refractivity (Wildman–Crippen MR) is 108 cm³/mol. The Balaban J connectivity index is 1.55. The van der Waals surface area contributed by atoms with Crippen molar-refractivity contribution < 1.29 is 13.9 Å². The SMILES string of the molecule is O=C(CCc1nc(-c2ccccc2)c(-c2ccccc2)o1)Oc1ccccc1. The van der Waals surface area contributed by atoms with Gasteiger partial charge in [-0.25, -0.2) is 4.98 Å². The first-order valence-electron chi connectivity index (χ1n) is 9.16. The Labute approximate surface area is 163 Å². The average Bonchev–Trinajstić information content (AvgIpc) is 3.19. The van der Waals surface area contributed by atoms with Crippen molar-refractivity contribution in [2.24, 2.45) is 0 Å². The maximum atomic E-state index is 12.1. The van der Waals surface area contributed by atoms with Gasteiger partial charge in [0.05, 0.1) is 6.42 Å². The third kappa shape index (κ3) is 4.18. The maximum Gasteiger partial charge on any atom is 0.311 e. The predicted octanol–water partition coefficient (Wildman–Crippen LogP) is 5.55. The molecule has 0 saturated heterocycles. The van der Waals surface area contributed by atoms with Crippen LogP contribution in [0.3, 0.4) is 0 Å². The lowest BCUT2D eigenvalue weighted by molar-refractivity contribution is -0.134. The molecular weight excluding hydrogens is 350 g/mol. The molecule has 28 heavy (non-hydrogen) atoms. The van der Waals surface area contributed by atoms with Crippen LogP contribution in [0.5, 0.6) is 5.75 Å². The summed E-state index contributed by atoms with van der Waals surface area (Å²) in [6.45, 7) is 0. The number of hydrogen-bond donors (Lipinski definition) is 0. The van der Waals surface area contributed by atoms with E-state index in [9.17, 15) is 4.79 Å². The minimum atomic E-state index is -0.313. The average molecular weight is 369 g/mol. The first-order valence-corrected chi connectivity index (χ1v) is 9.16. The van der Waals surface area contributed by atoms with E-state index < -0.39 is 0 Å². The third-order valence-corrected chi connectivity index (χ3v) is 4.27. The van der Waals surface area contributed by atoms with Crippen LogP contribution in [0.25, 0.3) is 22.6 Å². The molecule has 4 nitrogen and oxygen atoms in total. The highest BCUT2D eigenvalue weighted by molar-refractivity contribution is 5.77. The highest BCUT2D eigenvalue weighted by Gasteiger charge is 2.17. The summed E-state index contributed by atoms with van der Waals surface area (Å²) in [5, 5.41) is 0. The molecular formula is C24H19NO3. The fourth-order valence-corrected chi connectivity index (χ4v) is 2.93. The third-order valence-electron chi connectivity index (χ3n) is 4.27. The molecule has 4 heteroatoms. The van der Waals surface area contributed by atoms with Gasteiger partial charge in [-0.2, -0.15) is 0 Å². The molecule has 4 aromatic rings. The molecule has 4 rings (SSSR count). The topological polar surface area (TPSA) is 52.3 Å². The van der Waals surface area contributed by atoms with E-state index in [-0.39, 0.29) is 12.4 Å². The standard InChI is InChI=1S/C24H19NO3/c26-22(27-20-14-8-3-9-15-20)17-16-21-25-23(18-10-4-1-5-11-18)24(28-21)19-12-6-2-7-13-19/h1-15H,16-17H2. The molecule has 0 atom stereocenters.